The van der Waals surface area contributed by atoms with Crippen LogP contribution in [0.5, 0.6) is 0 Å². The molecule has 0 radical (unpaired) electrons. The molecule has 0 unspecified atom stereocenters. The molecular formula is C34H37N3O4. The van der Waals surface area contributed by atoms with Gasteiger partial charge in [0, 0.05) is 5.69 Å². The molecule has 4 rings (SSSR count). The molecule has 0 aromatic heterocycles. The van der Waals surface area contributed by atoms with Crippen molar-refractivity contribution in [1.29, 1.82) is 0 Å². The summed E-state index contributed by atoms with van der Waals surface area (Å²) in [5.41, 5.74) is 5.48. The van der Waals surface area contributed by atoms with Gasteiger partial charge in [-0.05, 0) is 73.2 Å². The number of benzene rings is 4. The topological polar surface area (TPSA) is 108 Å². The zero-order valence-electron chi connectivity index (χ0n) is 24.0. The predicted molar refractivity (Wildman–Crippen MR) is 167 cm³/mol. The molecule has 212 valence electrons. The SMILES string of the molecule is C=CCc1ccccc1.CC[C@H](NC(=O)c1cc2ccccc2cc1NC(=O)Nc1c(C)cc(C)cc1C)C(=O)O. The largest absolute Gasteiger partial charge is 0.480 e. The van der Waals surface area contributed by atoms with E-state index in [0.717, 1.165) is 33.9 Å². The summed E-state index contributed by atoms with van der Waals surface area (Å²) in [6, 6.07) is 23.5. The van der Waals surface area contributed by atoms with Crippen molar-refractivity contribution in [3.63, 3.8) is 0 Å². The Morgan fingerprint density at radius 1 is 0.854 bits per heavy atom. The van der Waals surface area contributed by atoms with E-state index >= 15 is 0 Å². The summed E-state index contributed by atoms with van der Waals surface area (Å²) in [5, 5.41) is 19.1. The van der Waals surface area contributed by atoms with Crippen molar-refractivity contribution in [2.75, 3.05) is 10.6 Å². The quantitative estimate of drug-likeness (QED) is 0.171. The molecule has 7 heteroatoms. The molecule has 0 spiro atoms. The zero-order chi connectivity index (χ0) is 29.9. The van der Waals surface area contributed by atoms with E-state index < -0.39 is 23.9 Å². The number of carbonyl (C=O) groups is 3. The molecule has 41 heavy (non-hydrogen) atoms. The Kier molecular flexibility index (Phi) is 10.8. The number of hydrogen-bond donors (Lipinski definition) is 4. The molecule has 0 heterocycles. The number of carbonyl (C=O) groups excluding carboxylic acids is 2. The number of aryl methyl sites for hydroxylation is 3. The fourth-order valence-electron chi connectivity index (χ4n) is 4.53. The van der Waals surface area contributed by atoms with Gasteiger partial charge in [0.2, 0.25) is 0 Å². The van der Waals surface area contributed by atoms with Crippen molar-refractivity contribution in [2.24, 2.45) is 0 Å². The van der Waals surface area contributed by atoms with Crippen molar-refractivity contribution in [3.8, 4) is 0 Å². The summed E-state index contributed by atoms with van der Waals surface area (Å²) < 4.78 is 0. The van der Waals surface area contributed by atoms with Crippen molar-refractivity contribution < 1.29 is 19.5 Å². The zero-order valence-corrected chi connectivity index (χ0v) is 24.0. The first-order valence-electron chi connectivity index (χ1n) is 13.5. The van der Waals surface area contributed by atoms with Crippen LogP contribution in [0.15, 0.2) is 91.5 Å². The maximum atomic E-state index is 12.9. The highest BCUT2D eigenvalue weighted by Crippen LogP contribution is 2.26. The number of fused-ring (bicyclic) bond motifs is 1. The summed E-state index contributed by atoms with van der Waals surface area (Å²) in [6.45, 7) is 11.2. The van der Waals surface area contributed by atoms with Gasteiger partial charge in [-0.15, -0.1) is 6.58 Å². The van der Waals surface area contributed by atoms with Gasteiger partial charge in [-0.3, -0.25) is 4.79 Å². The Morgan fingerprint density at radius 3 is 2.00 bits per heavy atom. The van der Waals surface area contributed by atoms with Gasteiger partial charge in [0.1, 0.15) is 6.04 Å². The minimum Gasteiger partial charge on any atom is -0.480 e. The second-order valence-corrected chi connectivity index (χ2v) is 9.85. The van der Waals surface area contributed by atoms with Crippen molar-refractivity contribution in [3.05, 3.63) is 119 Å². The van der Waals surface area contributed by atoms with Crippen LogP contribution in [-0.2, 0) is 11.2 Å². The lowest BCUT2D eigenvalue weighted by atomic mass is 10.0. The van der Waals surface area contributed by atoms with E-state index in [-0.39, 0.29) is 12.0 Å². The minimum absolute atomic E-state index is 0.191. The maximum absolute atomic E-state index is 12.9. The van der Waals surface area contributed by atoms with E-state index in [1.165, 1.54) is 5.56 Å². The average molecular weight is 552 g/mol. The standard InChI is InChI=1S/C25H27N3O4.C9H10/c1-5-20(24(30)31)26-23(29)19-12-17-8-6-7-9-18(17)13-21(19)27-25(32)28-22-15(3)10-14(2)11-16(22)4;1-2-6-9-7-4-3-5-8-9/h6-13,20H,5H2,1-4H3,(H,26,29)(H,30,31)(H2,27,28,32);2-5,7-8H,1,6H2/t20-;/m0./s1. The number of nitrogens with one attached hydrogen (secondary N) is 3. The number of carboxylic acids is 1. The molecule has 3 amide bonds. The van der Waals surface area contributed by atoms with Gasteiger partial charge < -0.3 is 21.1 Å². The summed E-state index contributed by atoms with van der Waals surface area (Å²) in [7, 11) is 0. The molecule has 0 aliphatic carbocycles. The smallest absolute Gasteiger partial charge is 0.326 e. The summed E-state index contributed by atoms with van der Waals surface area (Å²) in [6.07, 6.45) is 3.13. The summed E-state index contributed by atoms with van der Waals surface area (Å²) in [5.74, 6) is -1.68. The van der Waals surface area contributed by atoms with Crippen LogP contribution in [0.25, 0.3) is 10.8 Å². The summed E-state index contributed by atoms with van der Waals surface area (Å²) in [4.78, 5) is 37.1. The van der Waals surface area contributed by atoms with Crippen molar-refractivity contribution >= 4 is 40.1 Å². The average Bonchev–Trinajstić information content (AvgIpc) is 2.94. The first kappa shape index (κ1) is 30.6. The van der Waals surface area contributed by atoms with Crippen molar-refractivity contribution in [2.45, 2.75) is 46.6 Å². The number of allylic oxidation sites excluding steroid dienone is 1. The predicted octanol–water partition coefficient (Wildman–Crippen LogP) is 7.42. The lowest BCUT2D eigenvalue weighted by Gasteiger charge is -2.17. The van der Waals surface area contributed by atoms with E-state index in [2.05, 4.69) is 34.7 Å². The van der Waals surface area contributed by atoms with Crippen LogP contribution in [-0.4, -0.2) is 29.1 Å². The first-order chi connectivity index (χ1) is 19.6. The molecule has 4 aromatic rings. The minimum atomic E-state index is -1.11. The van der Waals surface area contributed by atoms with Crippen LogP contribution in [0.1, 0.15) is 46.0 Å². The lowest BCUT2D eigenvalue weighted by molar-refractivity contribution is -0.139. The van der Waals surface area contributed by atoms with Crippen molar-refractivity contribution in [1.82, 2.24) is 5.32 Å². The van der Waals surface area contributed by atoms with Gasteiger partial charge in [-0.25, -0.2) is 9.59 Å². The van der Waals surface area contributed by atoms with Crippen LogP contribution in [0, 0.1) is 20.8 Å². The molecule has 0 saturated carbocycles. The van der Waals surface area contributed by atoms with Gasteiger partial charge >= 0.3 is 12.0 Å². The normalized spacial score (nSPS) is 11.0. The Hall–Kier alpha value is -4.91. The number of amides is 3. The molecular weight excluding hydrogens is 514 g/mol. The molecule has 0 saturated heterocycles. The van der Waals surface area contributed by atoms with E-state index in [0.29, 0.717) is 11.4 Å². The van der Waals surface area contributed by atoms with Gasteiger partial charge in [0.05, 0.1) is 11.3 Å². The Morgan fingerprint density at radius 2 is 1.44 bits per heavy atom. The second kappa shape index (κ2) is 14.5. The fraction of sp³-hybridized carbons (Fsp3) is 0.206. The van der Waals surface area contributed by atoms with E-state index in [1.54, 1.807) is 19.1 Å². The van der Waals surface area contributed by atoms with Gasteiger partial charge in [-0.2, -0.15) is 0 Å². The van der Waals surface area contributed by atoms with E-state index in [4.69, 9.17) is 0 Å². The number of aliphatic carboxylic acids is 1. The number of anilines is 2. The third-order valence-corrected chi connectivity index (χ3v) is 6.53. The van der Waals surface area contributed by atoms with Gasteiger partial charge in [0.15, 0.2) is 0 Å². The fourth-order valence-corrected chi connectivity index (χ4v) is 4.53. The molecule has 0 aliphatic heterocycles. The Bertz CT molecular complexity index is 1520. The highest BCUT2D eigenvalue weighted by atomic mass is 16.4. The second-order valence-electron chi connectivity index (χ2n) is 9.85. The van der Waals surface area contributed by atoms with E-state index in [9.17, 15) is 19.5 Å². The number of hydrogen-bond acceptors (Lipinski definition) is 3. The van der Waals surface area contributed by atoms with E-state index in [1.807, 2.05) is 81.4 Å². The number of carboxylic acid groups (broad SMARTS) is 1. The molecule has 0 fully saturated rings. The summed E-state index contributed by atoms with van der Waals surface area (Å²) >= 11 is 0. The van der Waals surface area contributed by atoms with Crippen LogP contribution in [0.4, 0.5) is 16.2 Å². The first-order valence-corrected chi connectivity index (χ1v) is 13.5. The molecule has 4 aromatic carbocycles. The molecule has 1 atom stereocenters. The number of rotatable bonds is 8. The maximum Gasteiger partial charge on any atom is 0.326 e. The number of urea groups is 1. The Balaban J connectivity index is 0.000000436. The lowest BCUT2D eigenvalue weighted by Crippen LogP contribution is -2.40. The third kappa shape index (κ3) is 8.54. The van der Waals surface area contributed by atoms with Gasteiger partial charge in [0.25, 0.3) is 5.91 Å². The molecule has 7 nitrogen and oxygen atoms in total. The van der Waals surface area contributed by atoms with Crippen LogP contribution in [0.2, 0.25) is 0 Å². The highest BCUT2D eigenvalue weighted by Gasteiger charge is 2.22. The highest BCUT2D eigenvalue weighted by molar-refractivity contribution is 6.10. The molecule has 4 N–H and O–H groups in total. The van der Waals surface area contributed by atoms with Crippen LogP contribution in [0.3, 0.4) is 0 Å². The molecule has 0 bridgehead atoms. The third-order valence-electron chi connectivity index (χ3n) is 6.53. The monoisotopic (exact) mass is 551 g/mol. The van der Waals surface area contributed by atoms with Crippen LogP contribution >= 0.6 is 0 Å². The molecule has 0 aliphatic rings. The van der Waals surface area contributed by atoms with Gasteiger partial charge in [-0.1, -0.05) is 85.3 Å². The van der Waals surface area contributed by atoms with Crippen LogP contribution < -0.4 is 16.0 Å². The Labute approximate surface area is 241 Å².